The molecule has 1 aliphatic heterocycles. The Morgan fingerprint density at radius 3 is 2.94 bits per heavy atom. The van der Waals surface area contributed by atoms with E-state index in [1.165, 1.54) is 19.3 Å². The van der Waals surface area contributed by atoms with Gasteiger partial charge in [-0.2, -0.15) is 4.98 Å². The molecule has 5 heteroatoms. The molecule has 0 spiro atoms. The topological polar surface area (TPSA) is 60.2 Å². The normalized spacial score (nSPS) is 27.2. The van der Waals surface area contributed by atoms with Crippen LogP contribution in [0.25, 0.3) is 0 Å². The van der Waals surface area contributed by atoms with E-state index in [2.05, 4.69) is 15.5 Å². The van der Waals surface area contributed by atoms with E-state index in [1.54, 1.807) is 7.11 Å². The highest BCUT2D eigenvalue weighted by molar-refractivity contribution is 5.01. The highest BCUT2D eigenvalue weighted by atomic mass is 16.5. The Kier molecular flexibility index (Phi) is 2.65. The third-order valence-corrected chi connectivity index (χ3v) is 3.37. The van der Waals surface area contributed by atoms with Crippen molar-refractivity contribution in [3.63, 3.8) is 0 Å². The van der Waals surface area contributed by atoms with Crippen LogP contribution in [0.5, 0.6) is 0 Å². The van der Waals surface area contributed by atoms with E-state index >= 15 is 0 Å². The summed E-state index contributed by atoms with van der Waals surface area (Å²) in [6.07, 6.45) is 4.72. The van der Waals surface area contributed by atoms with Crippen molar-refractivity contribution in [1.29, 1.82) is 0 Å². The van der Waals surface area contributed by atoms with E-state index < -0.39 is 0 Å². The molecule has 2 atom stereocenters. The van der Waals surface area contributed by atoms with Gasteiger partial charge in [0.05, 0.1) is 6.04 Å². The van der Waals surface area contributed by atoms with E-state index in [4.69, 9.17) is 9.26 Å². The first-order valence-electron chi connectivity index (χ1n) is 5.98. The van der Waals surface area contributed by atoms with Gasteiger partial charge in [-0.15, -0.1) is 0 Å². The molecule has 1 N–H and O–H groups in total. The van der Waals surface area contributed by atoms with Gasteiger partial charge in [-0.1, -0.05) is 5.16 Å². The summed E-state index contributed by atoms with van der Waals surface area (Å²) in [4.78, 5) is 4.46. The van der Waals surface area contributed by atoms with Crippen molar-refractivity contribution in [2.24, 2.45) is 5.92 Å². The molecule has 2 aliphatic rings. The maximum absolute atomic E-state index is 5.43. The summed E-state index contributed by atoms with van der Waals surface area (Å²) in [5.74, 6) is 2.02. The van der Waals surface area contributed by atoms with Gasteiger partial charge in [0, 0.05) is 7.11 Å². The van der Waals surface area contributed by atoms with Gasteiger partial charge in [0.15, 0.2) is 0 Å². The molecule has 0 bridgehead atoms. The lowest BCUT2D eigenvalue weighted by atomic mass is 10.2. The highest BCUT2D eigenvalue weighted by Crippen LogP contribution is 2.42. The number of nitrogens with one attached hydrogen (secondary N) is 1. The SMILES string of the molecule is COC(c1noc([C@H]2CCCN2)n1)C1CC1. The van der Waals surface area contributed by atoms with Crippen LogP contribution in [-0.2, 0) is 4.74 Å². The molecule has 3 rings (SSSR count). The van der Waals surface area contributed by atoms with Gasteiger partial charge in [-0.05, 0) is 38.1 Å². The highest BCUT2D eigenvalue weighted by Gasteiger charge is 2.36. The standard InChI is InChI=1S/C11H17N3O2/c1-15-9(7-4-5-7)10-13-11(16-14-10)8-3-2-6-12-8/h7-9,12H,2-6H2,1H3/t8-,9?/m1/s1. The molecule has 0 radical (unpaired) electrons. The minimum atomic E-state index is 0.0268. The zero-order valence-electron chi connectivity index (χ0n) is 9.48. The van der Waals surface area contributed by atoms with E-state index in [0.717, 1.165) is 18.9 Å². The Hall–Kier alpha value is -0.940. The van der Waals surface area contributed by atoms with Crippen LogP contribution in [0.2, 0.25) is 0 Å². The molecule has 0 amide bonds. The van der Waals surface area contributed by atoms with Crippen molar-refractivity contribution in [1.82, 2.24) is 15.5 Å². The molecule has 0 aromatic carbocycles. The molecule has 5 nitrogen and oxygen atoms in total. The van der Waals surface area contributed by atoms with Gasteiger partial charge in [0.25, 0.3) is 0 Å². The third-order valence-electron chi connectivity index (χ3n) is 3.37. The second-order valence-electron chi connectivity index (χ2n) is 4.63. The van der Waals surface area contributed by atoms with E-state index in [-0.39, 0.29) is 12.1 Å². The molecular weight excluding hydrogens is 206 g/mol. The number of aromatic nitrogens is 2. The Morgan fingerprint density at radius 1 is 1.44 bits per heavy atom. The van der Waals surface area contributed by atoms with Gasteiger partial charge >= 0.3 is 0 Å². The lowest BCUT2D eigenvalue weighted by Gasteiger charge is -2.08. The third kappa shape index (κ3) is 1.85. The number of rotatable bonds is 4. The fourth-order valence-electron chi connectivity index (χ4n) is 2.31. The molecule has 1 aromatic rings. The maximum Gasteiger partial charge on any atom is 0.243 e. The molecule has 2 heterocycles. The first-order chi connectivity index (χ1) is 7.88. The molecule has 88 valence electrons. The minimum absolute atomic E-state index is 0.0268. The second-order valence-corrected chi connectivity index (χ2v) is 4.63. The average Bonchev–Trinajstić information content (AvgIpc) is 2.84. The molecule has 1 aliphatic carbocycles. The summed E-state index contributed by atoms with van der Waals surface area (Å²) < 4.78 is 10.7. The van der Waals surface area contributed by atoms with Gasteiger partial charge in [-0.3, -0.25) is 0 Å². The van der Waals surface area contributed by atoms with Crippen molar-refractivity contribution in [3.05, 3.63) is 11.7 Å². The van der Waals surface area contributed by atoms with Crippen LogP contribution >= 0.6 is 0 Å². The zero-order valence-corrected chi connectivity index (χ0v) is 9.48. The fraction of sp³-hybridized carbons (Fsp3) is 0.818. The Balaban J connectivity index is 1.75. The number of methoxy groups -OCH3 is 1. The molecular formula is C11H17N3O2. The molecule has 1 saturated carbocycles. The molecule has 2 fully saturated rings. The summed E-state index contributed by atoms with van der Waals surface area (Å²) in [7, 11) is 1.72. The van der Waals surface area contributed by atoms with Crippen LogP contribution < -0.4 is 5.32 Å². The van der Waals surface area contributed by atoms with Crippen molar-refractivity contribution in [2.45, 2.75) is 37.8 Å². The summed E-state index contributed by atoms with van der Waals surface area (Å²) in [6, 6.07) is 0.248. The summed E-state index contributed by atoms with van der Waals surface area (Å²) in [5.41, 5.74) is 0. The molecule has 16 heavy (non-hydrogen) atoms. The van der Waals surface area contributed by atoms with Crippen LogP contribution in [0, 0.1) is 5.92 Å². The second kappa shape index (κ2) is 4.14. The Morgan fingerprint density at radius 2 is 2.31 bits per heavy atom. The predicted octanol–water partition coefficient (Wildman–Crippen LogP) is 1.59. The van der Waals surface area contributed by atoms with Crippen molar-refractivity contribution < 1.29 is 9.26 Å². The smallest absolute Gasteiger partial charge is 0.243 e. The minimum Gasteiger partial charge on any atom is -0.373 e. The van der Waals surface area contributed by atoms with Crippen LogP contribution in [-0.4, -0.2) is 23.8 Å². The molecule has 1 unspecified atom stereocenters. The van der Waals surface area contributed by atoms with E-state index in [0.29, 0.717) is 11.7 Å². The Bertz CT molecular complexity index is 356. The lowest BCUT2D eigenvalue weighted by Crippen LogP contribution is -2.13. The van der Waals surface area contributed by atoms with E-state index in [9.17, 15) is 0 Å². The lowest BCUT2D eigenvalue weighted by molar-refractivity contribution is 0.0751. The summed E-state index contributed by atoms with van der Waals surface area (Å²) in [6.45, 7) is 1.04. The van der Waals surface area contributed by atoms with Gasteiger partial charge in [0.1, 0.15) is 6.10 Å². The number of hydrogen-bond acceptors (Lipinski definition) is 5. The largest absolute Gasteiger partial charge is 0.373 e. The summed E-state index contributed by atoms with van der Waals surface area (Å²) >= 11 is 0. The molecule has 1 saturated heterocycles. The van der Waals surface area contributed by atoms with Gasteiger partial charge < -0.3 is 14.6 Å². The number of hydrogen-bond donors (Lipinski definition) is 1. The first-order valence-corrected chi connectivity index (χ1v) is 5.98. The van der Waals surface area contributed by atoms with E-state index in [1.807, 2.05) is 0 Å². The molecule has 1 aromatic heterocycles. The van der Waals surface area contributed by atoms with Crippen LogP contribution in [0.4, 0.5) is 0 Å². The summed E-state index contributed by atoms with van der Waals surface area (Å²) in [5, 5.41) is 7.39. The van der Waals surface area contributed by atoms with Crippen LogP contribution in [0.15, 0.2) is 4.52 Å². The van der Waals surface area contributed by atoms with Crippen molar-refractivity contribution in [2.75, 3.05) is 13.7 Å². The predicted molar refractivity (Wildman–Crippen MR) is 56.7 cm³/mol. The number of nitrogens with zero attached hydrogens (tertiary/aromatic N) is 2. The number of ether oxygens (including phenoxy) is 1. The quantitative estimate of drug-likeness (QED) is 0.840. The fourth-order valence-corrected chi connectivity index (χ4v) is 2.31. The monoisotopic (exact) mass is 223 g/mol. The van der Waals surface area contributed by atoms with Crippen molar-refractivity contribution in [3.8, 4) is 0 Å². The van der Waals surface area contributed by atoms with Crippen molar-refractivity contribution >= 4 is 0 Å². The average molecular weight is 223 g/mol. The van der Waals surface area contributed by atoms with Gasteiger partial charge in [-0.25, -0.2) is 0 Å². The van der Waals surface area contributed by atoms with Crippen LogP contribution in [0.3, 0.4) is 0 Å². The maximum atomic E-state index is 5.43. The van der Waals surface area contributed by atoms with Crippen LogP contribution in [0.1, 0.15) is 49.5 Å². The van der Waals surface area contributed by atoms with Gasteiger partial charge in [0.2, 0.25) is 11.7 Å². The Labute approximate surface area is 94.6 Å². The zero-order chi connectivity index (χ0) is 11.0. The first kappa shape index (κ1) is 10.2.